The number of pyridine rings is 1. The van der Waals surface area contributed by atoms with E-state index in [-0.39, 0.29) is 5.69 Å². The van der Waals surface area contributed by atoms with Crippen molar-refractivity contribution in [2.24, 2.45) is 0 Å². The Morgan fingerprint density at radius 2 is 1.90 bits per heavy atom. The van der Waals surface area contributed by atoms with Gasteiger partial charge in [0.15, 0.2) is 0 Å². The number of hydrogen-bond acceptors (Lipinski definition) is 4. The van der Waals surface area contributed by atoms with Crippen molar-refractivity contribution in [3.05, 3.63) is 63.3 Å². The van der Waals surface area contributed by atoms with Gasteiger partial charge in [-0.15, -0.1) is 0 Å². The molecule has 0 aliphatic carbocycles. The van der Waals surface area contributed by atoms with Crippen LogP contribution in [0.3, 0.4) is 0 Å². The van der Waals surface area contributed by atoms with Crippen LogP contribution in [0.5, 0.6) is 0 Å². The number of hydrogen-bond donors (Lipinski definition) is 1. The molecule has 2 aromatic rings. The molecule has 0 bridgehead atoms. The summed E-state index contributed by atoms with van der Waals surface area (Å²) in [5.41, 5.74) is 0.973. The van der Waals surface area contributed by atoms with Crippen LogP contribution >= 0.6 is 0 Å². The van der Waals surface area contributed by atoms with Crippen molar-refractivity contribution in [1.29, 1.82) is 0 Å². The Morgan fingerprint density at radius 1 is 1.24 bits per heavy atom. The van der Waals surface area contributed by atoms with Gasteiger partial charge in [-0.1, -0.05) is 0 Å². The van der Waals surface area contributed by atoms with Crippen LogP contribution in [0.25, 0.3) is 0 Å². The van der Waals surface area contributed by atoms with Crippen molar-refractivity contribution in [3.8, 4) is 0 Å². The van der Waals surface area contributed by atoms with Crippen molar-refractivity contribution in [1.82, 2.24) is 4.98 Å². The molecule has 110 valence electrons. The Hall–Kier alpha value is -2.57. The smallest absolute Gasteiger partial charge is 0.290 e. The van der Waals surface area contributed by atoms with Crippen molar-refractivity contribution < 1.29 is 13.7 Å². The second-order valence-electron chi connectivity index (χ2n) is 4.57. The van der Waals surface area contributed by atoms with Crippen molar-refractivity contribution in [2.75, 3.05) is 11.9 Å². The molecule has 5 nitrogen and oxygen atoms in total. The summed E-state index contributed by atoms with van der Waals surface area (Å²) >= 11 is 0. The van der Waals surface area contributed by atoms with Gasteiger partial charge in [0.1, 0.15) is 23.6 Å². The van der Waals surface area contributed by atoms with E-state index < -0.39 is 16.6 Å². The molecule has 1 N–H and O–H groups in total. The van der Waals surface area contributed by atoms with Gasteiger partial charge in [-0.05, 0) is 37.1 Å². The molecule has 0 aliphatic rings. The van der Waals surface area contributed by atoms with Crippen LogP contribution in [0.4, 0.5) is 20.3 Å². The first kappa shape index (κ1) is 14.8. The standard InChI is InChI=1S/C14H13F2N3O2/c1-9-4-14(18-8-13(9)19(20)21)17-3-2-10-5-11(15)7-12(16)6-10/h4-8H,2-3H2,1H3,(H,17,18). The number of benzene rings is 1. The number of aryl methyl sites for hydroxylation is 1. The van der Waals surface area contributed by atoms with Crippen LogP contribution in [-0.2, 0) is 6.42 Å². The molecule has 1 aromatic carbocycles. The lowest BCUT2D eigenvalue weighted by Gasteiger charge is -2.07. The highest BCUT2D eigenvalue weighted by atomic mass is 19.1. The molecular formula is C14H13F2N3O2. The summed E-state index contributed by atoms with van der Waals surface area (Å²) in [5, 5.41) is 13.6. The van der Waals surface area contributed by atoms with Gasteiger partial charge in [-0.3, -0.25) is 10.1 Å². The molecule has 0 radical (unpaired) electrons. The average Bonchev–Trinajstić information content (AvgIpc) is 2.37. The van der Waals surface area contributed by atoms with Gasteiger partial charge < -0.3 is 5.32 Å². The Morgan fingerprint density at radius 3 is 2.48 bits per heavy atom. The fourth-order valence-electron chi connectivity index (χ4n) is 1.93. The Kier molecular flexibility index (Phi) is 4.42. The number of anilines is 1. The Bertz CT molecular complexity index is 657. The second kappa shape index (κ2) is 6.25. The fourth-order valence-corrected chi connectivity index (χ4v) is 1.93. The minimum absolute atomic E-state index is 0.0484. The fraction of sp³-hybridized carbons (Fsp3) is 0.214. The lowest BCUT2D eigenvalue weighted by atomic mass is 10.1. The number of halogens is 2. The molecule has 21 heavy (non-hydrogen) atoms. The van der Waals surface area contributed by atoms with Gasteiger partial charge in [0.25, 0.3) is 5.69 Å². The summed E-state index contributed by atoms with van der Waals surface area (Å²) < 4.78 is 26.0. The monoisotopic (exact) mass is 293 g/mol. The van der Waals surface area contributed by atoms with Gasteiger partial charge in [-0.25, -0.2) is 13.8 Å². The van der Waals surface area contributed by atoms with Crippen molar-refractivity contribution in [2.45, 2.75) is 13.3 Å². The summed E-state index contributed by atoms with van der Waals surface area (Å²) in [6, 6.07) is 4.90. The summed E-state index contributed by atoms with van der Waals surface area (Å²) in [7, 11) is 0. The zero-order valence-electron chi connectivity index (χ0n) is 11.3. The van der Waals surface area contributed by atoms with E-state index in [1.807, 2.05) is 0 Å². The maximum atomic E-state index is 13.0. The van der Waals surface area contributed by atoms with Crippen LogP contribution < -0.4 is 5.32 Å². The van der Waals surface area contributed by atoms with E-state index in [4.69, 9.17) is 0 Å². The molecule has 0 spiro atoms. The predicted molar refractivity (Wildman–Crippen MR) is 74.2 cm³/mol. The first-order valence-corrected chi connectivity index (χ1v) is 6.25. The molecule has 0 aliphatic heterocycles. The second-order valence-corrected chi connectivity index (χ2v) is 4.57. The molecule has 0 amide bonds. The average molecular weight is 293 g/mol. The molecule has 0 fully saturated rings. The molecule has 2 rings (SSSR count). The highest BCUT2D eigenvalue weighted by Crippen LogP contribution is 2.18. The molecule has 1 aromatic heterocycles. The van der Waals surface area contributed by atoms with E-state index >= 15 is 0 Å². The third kappa shape index (κ3) is 3.95. The Labute approximate surface area is 119 Å². The van der Waals surface area contributed by atoms with Crippen molar-refractivity contribution >= 4 is 11.5 Å². The lowest BCUT2D eigenvalue weighted by molar-refractivity contribution is -0.385. The van der Waals surface area contributed by atoms with Crippen LogP contribution in [0.15, 0.2) is 30.5 Å². The van der Waals surface area contributed by atoms with E-state index in [1.54, 1.807) is 13.0 Å². The van der Waals surface area contributed by atoms with Gasteiger partial charge in [0, 0.05) is 18.2 Å². The van der Waals surface area contributed by atoms with E-state index in [9.17, 15) is 18.9 Å². The molecule has 0 unspecified atom stereocenters. The van der Waals surface area contributed by atoms with Crippen LogP contribution in [-0.4, -0.2) is 16.5 Å². The van der Waals surface area contributed by atoms with Crippen molar-refractivity contribution in [3.63, 3.8) is 0 Å². The van der Waals surface area contributed by atoms with E-state index in [1.165, 1.54) is 18.3 Å². The first-order valence-electron chi connectivity index (χ1n) is 6.25. The minimum Gasteiger partial charge on any atom is -0.370 e. The molecule has 0 saturated carbocycles. The first-order chi connectivity index (χ1) is 9.95. The number of nitrogens with one attached hydrogen (secondary N) is 1. The van der Waals surface area contributed by atoms with Gasteiger partial charge in [-0.2, -0.15) is 0 Å². The van der Waals surface area contributed by atoms with Crippen LogP contribution in [0.1, 0.15) is 11.1 Å². The zero-order valence-corrected chi connectivity index (χ0v) is 11.3. The Balaban J connectivity index is 1.97. The topological polar surface area (TPSA) is 68.1 Å². The molecular weight excluding hydrogens is 280 g/mol. The van der Waals surface area contributed by atoms with E-state index in [0.29, 0.717) is 29.9 Å². The number of aromatic nitrogens is 1. The predicted octanol–water partition coefficient (Wildman–Crippen LogP) is 3.23. The van der Waals surface area contributed by atoms with Crippen LogP contribution in [0.2, 0.25) is 0 Å². The largest absolute Gasteiger partial charge is 0.370 e. The minimum atomic E-state index is -0.616. The molecule has 7 heteroatoms. The summed E-state index contributed by atoms with van der Waals surface area (Å²) in [5.74, 6) is -0.751. The summed E-state index contributed by atoms with van der Waals surface area (Å²) in [6.45, 7) is 2.03. The quantitative estimate of drug-likeness (QED) is 0.679. The summed E-state index contributed by atoms with van der Waals surface area (Å²) in [6.07, 6.45) is 1.59. The van der Waals surface area contributed by atoms with Gasteiger partial charge >= 0.3 is 0 Å². The van der Waals surface area contributed by atoms with E-state index in [0.717, 1.165) is 6.07 Å². The highest BCUT2D eigenvalue weighted by molar-refractivity contribution is 5.46. The number of rotatable bonds is 5. The van der Waals surface area contributed by atoms with Crippen LogP contribution in [0, 0.1) is 28.7 Å². The molecule has 1 heterocycles. The summed E-state index contributed by atoms with van der Waals surface area (Å²) in [4.78, 5) is 14.1. The van der Waals surface area contributed by atoms with Gasteiger partial charge in [0.05, 0.1) is 4.92 Å². The normalized spacial score (nSPS) is 10.4. The van der Waals surface area contributed by atoms with E-state index in [2.05, 4.69) is 10.3 Å². The molecule has 0 atom stereocenters. The maximum absolute atomic E-state index is 13.0. The SMILES string of the molecule is Cc1cc(NCCc2cc(F)cc(F)c2)ncc1[N+](=O)[O-]. The number of nitrogens with zero attached hydrogens (tertiary/aromatic N) is 2. The molecule has 0 saturated heterocycles. The van der Waals surface area contributed by atoms with Gasteiger partial charge in [0.2, 0.25) is 0 Å². The lowest BCUT2D eigenvalue weighted by Crippen LogP contribution is -2.07. The third-order valence-corrected chi connectivity index (χ3v) is 2.92. The third-order valence-electron chi connectivity index (χ3n) is 2.92. The number of nitro groups is 1. The highest BCUT2D eigenvalue weighted by Gasteiger charge is 2.11. The zero-order chi connectivity index (χ0) is 15.4. The maximum Gasteiger partial charge on any atom is 0.290 e.